The molecule has 0 fully saturated rings. The van der Waals surface area contributed by atoms with E-state index in [0.717, 1.165) is 11.3 Å². The summed E-state index contributed by atoms with van der Waals surface area (Å²) in [6, 6.07) is 9.06. The van der Waals surface area contributed by atoms with Gasteiger partial charge in [-0.05, 0) is 15.9 Å². The molecule has 3 N–H and O–H groups in total. The van der Waals surface area contributed by atoms with E-state index in [-0.39, 0.29) is 0 Å². The summed E-state index contributed by atoms with van der Waals surface area (Å²) in [6.45, 7) is 0. The minimum absolute atomic E-state index is 0.538. The van der Waals surface area contributed by atoms with Gasteiger partial charge in [0.2, 0.25) is 0 Å². The number of anilines is 1. The number of amides is 2. The predicted octanol–water partition coefficient (Wildman–Crippen LogP) is 2.34. The molecule has 1 aromatic heterocycles. The molecule has 5 nitrogen and oxygen atoms in total. The zero-order valence-corrected chi connectivity index (χ0v) is 10.7. The Morgan fingerprint density at radius 2 is 2.06 bits per heavy atom. The van der Waals surface area contributed by atoms with Gasteiger partial charge in [-0.25, -0.2) is 4.79 Å². The fourth-order valence-corrected chi connectivity index (χ4v) is 2.20. The third-order valence-electron chi connectivity index (χ3n) is 2.28. The second-order valence-electron chi connectivity index (χ2n) is 3.49. The third kappa shape index (κ3) is 2.31. The number of aromatic nitrogens is 2. The number of carbonyl (C=O) groups is 1. The molecule has 2 rings (SSSR count). The van der Waals surface area contributed by atoms with E-state index in [1.165, 1.54) is 0 Å². The van der Waals surface area contributed by atoms with Gasteiger partial charge in [0, 0.05) is 12.6 Å². The van der Waals surface area contributed by atoms with E-state index < -0.39 is 6.03 Å². The smallest absolute Gasteiger partial charge is 0.317 e. The molecule has 0 saturated heterocycles. The van der Waals surface area contributed by atoms with Crippen molar-refractivity contribution in [3.8, 4) is 11.3 Å². The van der Waals surface area contributed by atoms with E-state index in [4.69, 9.17) is 5.73 Å². The molecule has 0 spiro atoms. The lowest BCUT2D eigenvalue weighted by Gasteiger charge is -2.01. The van der Waals surface area contributed by atoms with Crippen LogP contribution in [0.4, 0.5) is 10.6 Å². The van der Waals surface area contributed by atoms with E-state index in [0.29, 0.717) is 10.3 Å². The average molecular weight is 295 g/mol. The highest BCUT2D eigenvalue weighted by Crippen LogP contribution is 2.32. The first-order chi connectivity index (χ1) is 8.09. The summed E-state index contributed by atoms with van der Waals surface area (Å²) in [7, 11) is 1.74. The molecule has 1 aromatic carbocycles. The van der Waals surface area contributed by atoms with Crippen LogP contribution >= 0.6 is 15.9 Å². The van der Waals surface area contributed by atoms with Gasteiger partial charge in [-0.3, -0.25) is 10.00 Å². The molecule has 0 bridgehead atoms. The Bertz CT molecular complexity index is 550. The van der Waals surface area contributed by atoms with Gasteiger partial charge in [0.25, 0.3) is 0 Å². The van der Waals surface area contributed by atoms with Crippen molar-refractivity contribution in [2.24, 2.45) is 12.8 Å². The van der Waals surface area contributed by atoms with Gasteiger partial charge in [-0.15, -0.1) is 0 Å². The van der Waals surface area contributed by atoms with Gasteiger partial charge < -0.3 is 5.73 Å². The fraction of sp³-hybridized carbons (Fsp3) is 0.0909. The van der Waals surface area contributed by atoms with Crippen LogP contribution in [0.1, 0.15) is 0 Å². The number of nitrogens with one attached hydrogen (secondary N) is 1. The summed E-state index contributed by atoms with van der Waals surface area (Å²) < 4.78 is 2.28. The molecule has 17 heavy (non-hydrogen) atoms. The summed E-state index contributed by atoms with van der Waals surface area (Å²) in [5.74, 6) is 0.538. The molecule has 0 aliphatic carbocycles. The average Bonchev–Trinajstić information content (AvgIpc) is 2.58. The van der Waals surface area contributed by atoms with Crippen LogP contribution < -0.4 is 11.1 Å². The lowest BCUT2D eigenvalue weighted by Crippen LogP contribution is -2.21. The first-order valence-corrected chi connectivity index (χ1v) is 5.73. The van der Waals surface area contributed by atoms with Crippen molar-refractivity contribution in [3.63, 3.8) is 0 Å². The van der Waals surface area contributed by atoms with Crippen LogP contribution in [0.5, 0.6) is 0 Å². The lowest BCUT2D eigenvalue weighted by molar-refractivity contribution is 0.259. The second-order valence-corrected chi connectivity index (χ2v) is 4.28. The standard InChI is InChI=1S/C11H11BrN4O/c1-16-10(14-11(13)17)8(12)9(15-16)7-5-3-2-4-6-7/h2-6H,1H3,(H3,13,14,17). The SMILES string of the molecule is Cn1nc(-c2ccccc2)c(Br)c1NC(N)=O. The topological polar surface area (TPSA) is 72.9 Å². The molecule has 0 aliphatic heterocycles. The van der Waals surface area contributed by atoms with Crippen molar-refractivity contribution in [1.82, 2.24) is 9.78 Å². The normalized spacial score (nSPS) is 10.2. The molecule has 0 saturated carbocycles. The number of hydrogen-bond acceptors (Lipinski definition) is 2. The highest BCUT2D eigenvalue weighted by atomic mass is 79.9. The minimum Gasteiger partial charge on any atom is -0.351 e. The van der Waals surface area contributed by atoms with Crippen LogP contribution in [0.2, 0.25) is 0 Å². The first-order valence-electron chi connectivity index (χ1n) is 4.94. The van der Waals surface area contributed by atoms with Crippen LogP contribution in [0.15, 0.2) is 34.8 Å². The number of hydrogen-bond donors (Lipinski definition) is 2. The summed E-state index contributed by atoms with van der Waals surface area (Å²) in [5, 5.41) is 6.86. The molecule has 2 amide bonds. The van der Waals surface area contributed by atoms with Crippen molar-refractivity contribution in [2.45, 2.75) is 0 Å². The molecule has 0 unspecified atom stereocenters. The van der Waals surface area contributed by atoms with Crippen LogP contribution in [-0.4, -0.2) is 15.8 Å². The maximum Gasteiger partial charge on any atom is 0.317 e. The number of nitrogens with two attached hydrogens (primary N) is 1. The Morgan fingerprint density at radius 3 is 2.65 bits per heavy atom. The molecule has 1 heterocycles. The first kappa shape index (κ1) is 11.7. The Labute approximate surface area is 107 Å². The summed E-state index contributed by atoms with van der Waals surface area (Å²) in [5.41, 5.74) is 6.82. The number of primary amides is 1. The molecular weight excluding hydrogens is 284 g/mol. The predicted molar refractivity (Wildman–Crippen MR) is 69.6 cm³/mol. The summed E-state index contributed by atoms with van der Waals surface area (Å²) in [6.07, 6.45) is 0. The van der Waals surface area contributed by atoms with E-state index in [1.54, 1.807) is 11.7 Å². The van der Waals surface area contributed by atoms with E-state index in [1.807, 2.05) is 30.3 Å². The maximum absolute atomic E-state index is 10.9. The molecule has 0 atom stereocenters. The maximum atomic E-state index is 10.9. The number of aryl methyl sites for hydroxylation is 1. The largest absolute Gasteiger partial charge is 0.351 e. The number of rotatable bonds is 2. The van der Waals surface area contributed by atoms with Crippen molar-refractivity contribution >= 4 is 27.8 Å². The zero-order valence-electron chi connectivity index (χ0n) is 9.14. The number of nitrogens with zero attached hydrogens (tertiary/aromatic N) is 2. The van der Waals surface area contributed by atoms with Gasteiger partial charge in [0.1, 0.15) is 11.5 Å². The molecular formula is C11H11BrN4O. The van der Waals surface area contributed by atoms with Gasteiger partial charge in [-0.1, -0.05) is 30.3 Å². The van der Waals surface area contributed by atoms with Crippen LogP contribution in [0, 0.1) is 0 Å². The molecule has 0 radical (unpaired) electrons. The highest BCUT2D eigenvalue weighted by Gasteiger charge is 2.15. The van der Waals surface area contributed by atoms with Crippen molar-refractivity contribution in [2.75, 3.05) is 5.32 Å². The van der Waals surface area contributed by atoms with Crippen LogP contribution in [-0.2, 0) is 7.05 Å². The fourth-order valence-electron chi connectivity index (χ4n) is 1.53. The lowest BCUT2D eigenvalue weighted by atomic mass is 10.1. The highest BCUT2D eigenvalue weighted by molar-refractivity contribution is 9.10. The second kappa shape index (κ2) is 4.58. The number of urea groups is 1. The van der Waals surface area contributed by atoms with Crippen molar-refractivity contribution in [1.29, 1.82) is 0 Å². The Morgan fingerprint density at radius 1 is 1.41 bits per heavy atom. The Hall–Kier alpha value is -1.82. The van der Waals surface area contributed by atoms with Gasteiger partial charge in [0.15, 0.2) is 0 Å². The molecule has 6 heteroatoms. The van der Waals surface area contributed by atoms with Crippen molar-refractivity contribution < 1.29 is 4.79 Å². The molecule has 0 aliphatic rings. The molecule has 88 valence electrons. The number of halogens is 1. The van der Waals surface area contributed by atoms with Crippen LogP contribution in [0.25, 0.3) is 11.3 Å². The van der Waals surface area contributed by atoms with E-state index in [2.05, 4.69) is 26.3 Å². The van der Waals surface area contributed by atoms with Gasteiger partial charge >= 0.3 is 6.03 Å². The van der Waals surface area contributed by atoms with E-state index in [9.17, 15) is 4.79 Å². The van der Waals surface area contributed by atoms with E-state index >= 15 is 0 Å². The van der Waals surface area contributed by atoms with Gasteiger partial charge in [0.05, 0.1) is 4.47 Å². The molecule has 2 aromatic rings. The van der Waals surface area contributed by atoms with Crippen molar-refractivity contribution in [3.05, 3.63) is 34.8 Å². The monoisotopic (exact) mass is 294 g/mol. The summed E-state index contributed by atoms with van der Waals surface area (Å²) >= 11 is 3.41. The third-order valence-corrected chi connectivity index (χ3v) is 3.03. The quantitative estimate of drug-likeness (QED) is 0.892. The zero-order chi connectivity index (χ0) is 12.4. The number of carbonyl (C=O) groups excluding carboxylic acids is 1. The van der Waals surface area contributed by atoms with Crippen LogP contribution in [0.3, 0.4) is 0 Å². The Balaban J connectivity index is 2.48. The Kier molecular flexibility index (Phi) is 3.14. The number of benzene rings is 1. The minimum atomic E-state index is -0.617. The van der Waals surface area contributed by atoms with Gasteiger partial charge in [-0.2, -0.15) is 5.10 Å². The summed E-state index contributed by atoms with van der Waals surface area (Å²) in [4.78, 5) is 10.9.